The summed E-state index contributed by atoms with van der Waals surface area (Å²) in [6.07, 6.45) is 1.70. The number of carbonyl (C=O) groups is 1. The van der Waals surface area contributed by atoms with E-state index in [-0.39, 0.29) is 11.1 Å². The van der Waals surface area contributed by atoms with Gasteiger partial charge in [0.1, 0.15) is 11.3 Å². The summed E-state index contributed by atoms with van der Waals surface area (Å²) in [4.78, 5) is 25.5. The molecule has 1 N–H and O–H groups in total. The molecule has 1 heterocycles. The Morgan fingerprint density at radius 1 is 1.07 bits per heavy atom. The van der Waals surface area contributed by atoms with E-state index in [0.29, 0.717) is 18.0 Å². The molecule has 0 spiro atoms. The Hall–Kier alpha value is -3.34. The zero-order valence-electron chi connectivity index (χ0n) is 15.7. The summed E-state index contributed by atoms with van der Waals surface area (Å²) in [7, 11) is 1.53. The van der Waals surface area contributed by atoms with Gasteiger partial charge in [-0.25, -0.2) is 0 Å². The van der Waals surface area contributed by atoms with E-state index < -0.39 is 5.91 Å². The standard InChI is InChI=1S/C22H22N2O3/c1-15-10-11-16(2)17(13-15)14-24-12-6-7-18(22(24)26)21(25)23-19-8-4-5-9-20(19)27-3/h4-13H,14H2,1-3H3,(H,23,25). The third-order valence-corrected chi connectivity index (χ3v) is 4.47. The molecule has 0 radical (unpaired) electrons. The maximum absolute atomic E-state index is 12.8. The number of methoxy groups -OCH3 is 1. The Morgan fingerprint density at radius 3 is 2.63 bits per heavy atom. The lowest BCUT2D eigenvalue weighted by atomic mass is 10.1. The average molecular weight is 362 g/mol. The van der Waals surface area contributed by atoms with Crippen molar-refractivity contribution in [1.82, 2.24) is 4.57 Å². The third kappa shape index (κ3) is 4.08. The largest absolute Gasteiger partial charge is 0.495 e. The number of amides is 1. The molecule has 27 heavy (non-hydrogen) atoms. The van der Waals surface area contributed by atoms with Crippen molar-refractivity contribution in [3.63, 3.8) is 0 Å². The first kappa shape index (κ1) is 18.5. The second-order valence-electron chi connectivity index (χ2n) is 6.44. The molecule has 3 aromatic rings. The van der Waals surface area contributed by atoms with E-state index in [1.54, 1.807) is 35.0 Å². The number of hydrogen-bond acceptors (Lipinski definition) is 3. The molecule has 0 aliphatic carbocycles. The summed E-state index contributed by atoms with van der Waals surface area (Å²) in [5, 5.41) is 2.75. The minimum atomic E-state index is -0.459. The first-order chi connectivity index (χ1) is 13.0. The number of hydrogen-bond donors (Lipinski definition) is 1. The van der Waals surface area contributed by atoms with Gasteiger partial charge in [-0.2, -0.15) is 0 Å². The van der Waals surface area contributed by atoms with E-state index >= 15 is 0 Å². The fourth-order valence-corrected chi connectivity index (χ4v) is 2.93. The lowest BCUT2D eigenvalue weighted by Gasteiger charge is -2.12. The van der Waals surface area contributed by atoms with Crippen LogP contribution in [-0.2, 0) is 6.54 Å². The fourth-order valence-electron chi connectivity index (χ4n) is 2.93. The second-order valence-corrected chi connectivity index (χ2v) is 6.44. The monoisotopic (exact) mass is 362 g/mol. The summed E-state index contributed by atoms with van der Waals surface area (Å²) < 4.78 is 6.80. The molecule has 5 nitrogen and oxygen atoms in total. The molecule has 1 aromatic heterocycles. The Balaban J connectivity index is 1.89. The van der Waals surface area contributed by atoms with Crippen LogP contribution in [0.25, 0.3) is 0 Å². The Morgan fingerprint density at radius 2 is 1.85 bits per heavy atom. The molecule has 0 saturated heterocycles. The second kappa shape index (κ2) is 7.91. The highest BCUT2D eigenvalue weighted by Crippen LogP contribution is 2.23. The van der Waals surface area contributed by atoms with Crippen LogP contribution in [0.2, 0.25) is 0 Å². The van der Waals surface area contributed by atoms with Crippen LogP contribution in [0, 0.1) is 13.8 Å². The fraction of sp³-hybridized carbons (Fsp3) is 0.182. The van der Waals surface area contributed by atoms with Crippen LogP contribution in [0.3, 0.4) is 0 Å². The molecular formula is C22H22N2O3. The van der Waals surface area contributed by atoms with Crippen LogP contribution in [0.1, 0.15) is 27.0 Å². The molecule has 0 bridgehead atoms. The quantitative estimate of drug-likeness (QED) is 0.751. The van der Waals surface area contributed by atoms with Crippen LogP contribution in [-0.4, -0.2) is 17.6 Å². The summed E-state index contributed by atoms with van der Waals surface area (Å²) in [6.45, 7) is 4.45. The highest BCUT2D eigenvalue weighted by atomic mass is 16.5. The van der Waals surface area contributed by atoms with E-state index in [2.05, 4.69) is 11.4 Å². The molecule has 2 aromatic carbocycles. The number of pyridine rings is 1. The molecule has 138 valence electrons. The number of carbonyl (C=O) groups excluding carboxylic acids is 1. The minimum absolute atomic E-state index is 0.0914. The molecule has 5 heteroatoms. The molecule has 3 rings (SSSR count). The maximum atomic E-state index is 12.8. The highest BCUT2D eigenvalue weighted by molar-refractivity contribution is 6.04. The van der Waals surface area contributed by atoms with Crippen LogP contribution < -0.4 is 15.6 Å². The van der Waals surface area contributed by atoms with Crippen LogP contribution >= 0.6 is 0 Å². The number of nitrogens with zero attached hydrogens (tertiary/aromatic N) is 1. The minimum Gasteiger partial charge on any atom is -0.495 e. The van der Waals surface area contributed by atoms with E-state index in [1.807, 2.05) is 32.0 Å². The zero-order valence-corrected chi connectivity index (χ0v) is 15.7. The molecule has 0 unspecified atom stereocenters. The maximum Gasteiger partial charge on any atom is 0.263 e. The summed E-state index contributed by atoms with van der Waals surface area (Å²) in [5.74, 6) is 0.0808. The highest BCUT2D eigenvalue weighted by Gasteiger charge is 2.14. The summed E-state index contributed by atoms with van der Waals surface area (Å²) in [5.41, 5.74) is 3.58. The third-order valence-electron chi connectivity index (χ3n) is 4.47. The molecule has 1 amide bonds. The van der Waals surface area contributed by atoms with E-state index in [9.17, 15) is 9.59 Å². The smallest absolute Gasteiger partial charge is 0.263 e. The van der Waals surface area contributed by atoms with Crippen molar-refractivity contribution in [2.45, 2.75) is 20.4 Å². The van der Waals surface area contributed by atoms with Crippen molar-refractivity contribution >= 4 is 11.6 Å². The van der Waals surface area contributed by atoms with Gasteiger partial charge in [0.15, 0.2) is 0 Å². The van der Waals surface area contributed by atoms with Gasteiger partial charge in [0, 0.05) is 6.20 Å². The number of rotatable bonds is 5. The SMILES string of the molecule is COc1ccccc1NC(=O)c1cccn(Cc2cc(C)ccc2C)c1=O. The van der Waals surface area contributed by atoms with Crippen molar-refractivity contribution in [3.05, 3.63) is 93.4 Å². The van der Waals surface area contributed by atoms with E-state index in [0.717, 1.165) is 16.7 Å². The van der Waals surface area contributed by atoms with Crippen molar-refractivity contribution in [2.75, 3.05) is 12.4 Å². The first-order valence-corrected chi connectivity index (χ1v) is 8.69. The number of para-hydroxylation sites is 2. The number of benzene rings is 2. The lowest BCUT2D eigenvalue weighted by Crippen LogP contribution is -2.29. The Kier molecular flexibility index (Phi) is 5.41. The van der Waals surface area contributed by atoms with Gasteiger partial charge in [-0.3, -0.25) is 9.59 Å². The van der Waals surface area contributed by atoms with Gasteiger partial charge in [0.05, 0.1) is 19.3 Å². The molecule has 0 fully saturated rings. The zero-order chi connectivity index (χ0) is 19.4. The van der Waals surface area contributed by atoms with Gasteiger partial charge >= 0.3 is 0 Å². The topological polar surface area (TPSA) is 60.3 Å². The van der Waals surface area contributed by atoms with Crippen molar-refractivity contribution in [2.24, 2.45) is 0 Å². The Labute approximate surface area is 158 Å². The van der Waals surface area contributed by atoms with Crippen molar-refractivity contribution in [3.8, 4) is 5.75 Å². The summed E-state index contributed by atoms with van der Waals surface area (Å²) >= 11 is 0. The van der Waals surface area contributed by atoms with Crippen molar-refractivity contribution < 1.29 is 9.53 Å². The van der Waals surface area contributed by atoms with Gasteiger partial charge in [-0.1, -0.05) is 35.9 Å². The van der Waals surface area contributed by atoms with E-state index in [1.165, 1.54) is 13.2 Å². The number of ether oxygens (including phenoxy) is 1. The summed E-state index contributed by atoms with van der Waals surface area (Å²) in [6, 6.07) is 16.5. The molecular weight excluding hydrogens is 340 g/mol. The average Bonchev–Trinajstić information content (AvgIpc) is 2.66. The van der Waals surface area contributed by atoms with Crippen LogP contribution in [0.5, 0.6) is 5.75 Å². The Bertz CT molecular complexity index is 1040. The molecule has 0 atom stereocenters. The van der Waals surface area contributed by atoms with Gasteiger partial charge in [0.2, 0.25) is 0 Å². The van der Waals surface area contributed by atoms with E-state index in [4.69, 9.17) is 4.74 Å². The first-order valence-electron chi connectivity index (χ1n) is 8.69. The lowest BCUT2D eigenvalue weighted by molar-refractivity contribution is 0.102. The van der Waals surface area contributed by atoms with Crippen LogP contribution in [0.4, 0.5) is 5.69 Å². The van der Waals surface area contributed by atoms with Crippen LogP contribution in [0.15, 0.2) is 65.6 Å². The van der Waals surface area contributed by atoms with Gasteiger partial charge in [-0.05, 0) is 49.2 Å². The molecule has 0 saturated carbocycles. The number of aryl methyl sites for hydroxylation is 2. The molecule has 0 aliphatic rings. The van der Waals surface area contributed by atoms with Gasteiger partial charge in [0.25, 0.3) is 11.5 Å². The number of nitrogens with one attached hydrogen (secondary N) is 1. The van der Waals surface area contributed by atoms with Crippen molar-refractivity contribution in [1.29, 1.82) is 0 Å². The number of aromatic nitrogens is 1. The predicted octanol–water partition coefficient (Wildman–Crippen LogP) is 3.77. The predicted molar refractivity (Wildman–Crippen MR) is 107 cm³/mol. The normalized spacial score (nSPS) is 10.5. The van der Waals surface area contributed by atoms with Gasteiger partial charge < -0.3 is 14.6 Å². The molecule has 0 aliphatic heterocycles. The van der Waals surface area contributed by atoms with Gasteiger partial charge in [-0.15, -0.1) is 0 Å². The number of anilines is 1.